The quantitative estimate of drug-likeness (QED) is 0.436. The number of aromatic amines is 1. The zero-order valence-corrected chi connectivity index (χ0v) is 19.3. The Hall–Kier alpha value is -3.53. The summed E-state index contributed by atoms with van der Waals surface area (Å²) in [6.07, 6.45) is 4.94. The van der Waals surface area contributed by atoms with E-state index in [1.165, 1.54) is 0 Å². The van der Waals surface area contributed by atoms with Crippen LogP contribution in [0.4, 0.5) is 5.82 Å². The van der Waals surface area contributed by atoms with Gasteiger partial charge in [0, 0.05) is 31.0 Å². The summed E-state index contributed by atoms with van der Waals surface area (Å²) >= 11 is 6.19. The van der Waals surface area contributed by atoms with Crippen LogP contribution in [-0.2, 0) is 9.53 Å². The van der Waals surface area contributed by atoms with Gasteiger partial charge in [0.05, 0.1) is 66.1 Å². The average molecular weight is 479 g/mol. The minimum Gasteiger partial charge on any atom is -0.495 e. The molecular weight excluding hydrogens is 456 g/mol. The molecule has 0 aromatic carbocycles. The molecule has 4 aromatic rings. The zero-order valence-electron chi connectivity index (χ0n) is 18.5. The van der Waals surface area contributed by atoms with Gasteiger partial charge in [0.15, 0.2) is 0 Å². The molecule has 5 rings (SSSR count). The zero-order chi connectivity index (χ0) is 23.5. The normalized spacial score (nSPS) is 14.3. The van der Waals surface area contributed by atoms with E-state index in [1.54, 1.807) is 25.7 Å². The standard InChI is InChI=1S/C24H23ClN6O3/c1-33-17-2-3-18(27-13-17)22-23(29-19-11-16(25)12-28-24(19)22)15-4-5-26-20(10-15)30-21(32)14-31-6-8-34-9-7-31/h2-5,10-13,29H,6-9,14H2,1H3,(H,26,30,32). The van der Waals surface area contributed by atoms with E-state index in [1.807, 2.05) is 30.3 Å². The maximum Gasteiger partial charge on any atom is 0.239 e. The van der Waals surface area contributed by atoms with Gasteiger partial charge in [-0.25, -0.2) is 4.98 Å². The molecule has 0 atom stereocenters. The number of nitrogens with one attached hydrogen (secondary N) is 2. The lowest BCUT2D eigenvalue weighted by Gasteiger charge is -2.25. The first-order valence-corrected chi connectivity index (χ1v) is 11.2. The number of morpholine rings is 1. The van der Waals surface area contributed by atoms with Crippen LogP contribution in [0.15, 0.2) is 48.9 Å². The first-order valence-electron chi connectivity index (χ1n) is 10.8. The molecule has 0 bridgehead atoms. The number of aromatic nitrogens is 4. The van der Waals surface area contributed by atoms with Crippen LogP contribution in [0.5, 0.6) is 5.75 Å². The number of methoxy groups -OCH3 is 1. The number of fused-ring (bicyclic) bond motifs is 1. The molecule has 1 amide bonds. The lowest BCUT2D eigenvalue weighted by Crippen LogP contribution is -2.41. The number of anilines is 1. The van der Waals surface area contributed by atoms with Crippen LogP contribution in [0.25, 0.3) is 33.5 Å². The number of hydrogen-bond acceptors (Lipinski definition) is 7. The van der Waals surface area contributed by atoms with Gasteiger partial charge in [0.2, 0.25) is 5.91 Å². The van der Waals surface area contributed by atoms with Crippen LogP contribution in [0.3, 0.4) is 0 Å². The minimum absolute atomic E-state index is 0.117. The Morgan fingerprint density at radius 3 is 2.79 bits per heavy atom. The summed E-state index contributed by atoms with van der Waals surface area (Å²) in [6.45, 7) is 3.06. The molecule has 34 heavy (non-hydrogen) atoms. The third-order valence-electron chi connectivity index (χ3n) is 5.62. The molecule has 4 aromatic heterocycles. The predicted molar refractivity (Wildman–Crippen MR) is 130 cm³/mol. The van der Waals surface area contributed by atoms with Gasteiger partial charge in [-0.2, -0.15) is 0 Å². The molecule has 0 unspecified atom stereocenters. The number of amides is 1. The van der Waals surface area contributed by atoms with Gasteiger partial charge in [-0.1, -0.05) is 11.6 Å². The Labute approximate surface area is 201 Å². The van der Waals surface area contributed by atoms with Crippen molar-refractivity contribution < 1.29 is 14.3 Å². The summed E-state index contributed by atoms with van der Waals surface area (Å²) in [5.74, 6) is 1.01. The third-order valence-corrected chi connectivity index (χ3v) is 5.82. The van der Waals surface area contributed by atoms with Crippen molar-refractivity contribution in [3.63, 3.8) is 0 Å². The molecule has 2 N–H and O–H groups in total. The van der Waals surface area contributed by atoms with Crippen molar-refractivity contribution in [2.45, 2.75) is 0 Å². The van der Waals surface area contributed by atoms with Crippen LogP contribution in [0.2, 0.25) is 5.02 Å². The van der Waals surface area contributed by atoms with Crippen LogP contribution >= 0.6 is 11.6 Å². The van der Waals surface area contributed by atoms with Gasteiger partial charge in [-0.15, -0.1) is 0 Å². The van der Waals surface area contributed by atoms with Crippen molar-refractivity contribution in [2.24, 2.45) is 0 Å². The highest BCUT2D eigenvalue weighted by Gasteiger charge is 2.19. The lowest BCUT2D eigenvalue weighted by atomic mass is 10.0. The first-order chi connectivity index (χ1) is 16.6. The molecular formula is C24H23ClN6O3. The molecule has 0 radical (unpaired) electrons. The Bertz CT molecular complexity index is 1320. The van der Waals surface area contributed by atoms with Crippen molar-refractivity contribution in [1.29, 1.82) is 0 Å². The molecule has 1 aliphatic rings. The molecule has 0 saturated carbocycles. The Morgan fingerprint density at radius 1 is 1.18 bits per heavy atom. The molecule has 1 saturated heterocycles. The lowest BCUT2D eigenvalue weighted by molar-refractivity contribution is -0.118. The highest BCUT2D eigenvalue weighted by molar-refractivity contribution is 6.31. The summed E-state index contributed by atoms with van der Waals surface area (Å²) in [5, 5.41) is 3.43. The Balaban J connectivity index is 1.49. The fourth-order valence-corrected chi connectivity index (χ4v) is 4.12. The highest BCUT2D eigenvalue weighted by Crippen LogP contribution is 2.37. The fraction of sp³-hybridized carbons (Fsp3) is 0.250. The van der Waals surface area contributed by atoms with Crippen LogP contribution in [0, 0.1) is 0 Å². The van der Waals surface area contributed by atoms with Crippen molar-refractivity contribution in [2.75, 3.05) is 45.3 Å². The van der Waals surface area contributed by atoms with Crippen LogP contribution in [-0.4, -0.2) is 70.7 Å². The van der Waals surface area contributed by atoms with E-state index in [-0.39, 0.29) is 5.91 Å². The average Bonchev–Trinajstić information content (AvgIpc) is 3.23. The molecule has 1 fully saturated rings. The number of hydrogen-bond donors (Lipinski definition) is 2. The summed E-state index contributed by atoms with van der Waals surface area (Å²) in [6, 6.07) is 9.26. The largest absolute Gasteiger partial charge is 0.495 e. The summed E-state index contributed by atoms with van der Waals surface area (Å²) in [7, 11) is 1.60. The number of pyridine rings is 3. The van der Waals surface area contributed by atoms with Crippen molar-refractivity contribution in [1.82, 2.24) is 24.8 Å². The van der Waals surface area contributed by atoms with Gasteiger partial charge >= 0.3 is 0 Å². The van der Waals surface area contributed by atoms with E-state index in [0.717, 1.165) is 46.6 Å². The minimum atomic E-state index is -0.117. The van der Waals surface area contributed by atoms with E-state index >= 15 is 0 Å². The number of carbonyl (C=O) groups excluding carboxylic acids is 1. The molecule has 0 aliphatic carbocycles. The smallest absolute Gasteiger partial charge is 0.239 e. The van der Waals surface area contributed by atoms with Crippen LogP contribution in [0.1, 0.15) is 0 Å². The Kier molecular flexibility index (Phi) is 6.39. The monoisotopic (exact) mass is 478 g/mol. The number of carbonyl (C=O) groups is 1. The van der Waals surface area contributed by atoms with Gasteiger partial charge < -0.3 is 19.8 Å². The summed E-state index contributed by atoms with van der Waals surface area (Å²) in [5.41, 5.74) is 4.71. The van der Waals surface area contributed by atoms with Gasteiger partial charge in [-0.3, -0.25) is 19.7 Å². The SMILES string of the molecule is COc1ccc(-c2c(-c3ccnc(NC(=O)CN4CCOCC4)c3)[nH]c3cc(Cl)cnc23)nc1. The van der Waals surface area contributed by atoms with Gasteiger partial charge in [-0.05, 0) is 30.3 Å². The third kappa shape index (κ3) is 4.72. The van der Waals surface area contributed by atoms with Crippen molar-refractivity contribution >= 4 is 34.4 Å². The molecule has 0 spiro atoms. The van der Waals surface area contributed by atoms with E-state index < -0.39 is 0 Å². The number of nitrogens with zero attached hydrogens (tertiary/aromatic N) is 4. The topological polar surface area (TPSA) is 105 Å². The summed E-state index contributed by atoms with van der Waals surface area (Å²) < 4.78 is 10.6. The number of H-pyrrole nitrogens is 1. The molecule has 5 heterocycles. The second kappa shape index (κ2) is 9.76. The van der Waals surface area contributed by atoms with Crippen LogP contribution < -0.4 is 10.1 Å². The van der Waals surface area contributed by atoms with Gasteiger partial charge in [0.1, 0.15) is 11.6 Å². The molecule has 10 heteroatoms. The number of ether oxygens (including phenoxy) is 2. The predicted octanol–water partition coefficient (Wildman–Crippen LogP) is 3.62. The summed E-state index contributed by atoms with van der Waals surface area (Å²) in [4.78, 5) is 31.5. The number of rotatable bonds is 6. The molecule has 9 nitrogen and oxygen atoms in total. The molecule has 1 aliphatic heterocycles. The van der Waals surface area contributed by atoms with E-state index in [4.69, 9.17) is 21.1 Å². The van der Waals surface area contributed by atoms with Crippen molar-refractivity contribution in [3.8, 4) is 28.3 Å². The highest BCUT2D eigenvalue weighted by atomic mass is 35.5. The maximum absolute atomic E-state index is 12.6. The van der Waals surface area contributed by atoms with E-state index in [9.17, 15) is 4.79 Å². The van der Waals surface area contributed by atoms with Gasteiger partial charge in [0.25, 0.3) is 0 Å². The fourth-order valence-electron chi connectivity index (χ4n) is 3.96. The van der Waals surface area contributed by atoms with Crippen molar-refractivity contribution in [3.05, 3.63) is 53.9 Å². The van der Waals surface area contributed by atoms with E-state index in [0.29, 0.717) is 36.3 Å². The second-order valence-corrected chi connectivity index (χ2v) is 8.31. The van der Waals surface area contributed by atoms with E-state index in [2.05, 4.69) is 30.2 Å². The molecule has 174 valence electrons. The second-order valence-electron chi connectivity index (χ2n) is 7.87. The first kappa shape index (κ1) is 22.3. The maximum atomic E-state index is 12.6. The number of halogens is 1. The Morgan fingerprint density at radius 2 is 2.03 bits per heavy atom.